The average molecular weight is 320 g/mol. The molecule has 1 aromatic rings. The van der Waals surface area contributed by atoms with Gasteiger partial charge in [0.15, 0.2) is 11.5 Å². The zero-order valence-corrected chi connectivity index (χ0v) is 14.2. The Labute approximate surface area is 138 Å². The smallest absolute Gasteiger partial charge is 0.161 e. The van der Waals surface area contributed by atoms with Crippen molar-refractivity contribution in [3.63, 3.8) is 0 Å². The van der Waals surface area contributed by atoms with Gasteiger partial charge >= 0.3 is 0 Å². The van der Waals surface area contributed by atoms with E-state index < -0.39 is 5.60 Å². The minimum atomic E-state index is -0.615. The van der Waals surface area contributed by atoms with Crippen molar-refractivity contribution >= 4 is 0 Å². The van der Waals surface area contributed by atoms with Gasteiger partial charge in [0.2, 0.25) is 0 Å². The molecule has 0 amide bonds. The lowest BCUT2D eigenvalue weighted by Crippen LogP contribution is -2.55. The molecule has 0 spiro atoms. The normalized spacial score (nSPS) is 28.1. The SMILES string of the molecule is CCN(C[C@@H]1COc2ccccc2O1)C[C@]1(O)CCCN(C)C1. The molecule has 1 fully saturated rings. The number of nitrogens with zero attached hydrogens (tertiary/aromatic N) is 2. The number of hydrogen-bond acceptors (Lipinski definition) is 5. The molecule has 5 heteroatoms. The molecule has 2 atom stereocenters. The zero-order valence-electron chi connectivity index (χ0n) is 14.2. The number of fused-ring (bicyclic) bond motifs is 1. The van der Waals surface area contributed by atoms with Gasteiger partial charge in [-0.2, -0.15) is 0 Å². The third kappa shape index (κ3) is 4.16. The fraction of sp³-hybridized carbons (Fsp3) is 0.667. The van der Waals surface area contributed by atoms with Crippen LogP contribution >= 0.6 is 0 Å². The summed E-state index contributed by atoms with van der Waals surface area (Å²) in [6.45, 7) is 6.87. The molecule has 23 heavy (non-hydrogen) atoms. The van der Waals surface area contributed by atoms with Crippen LogP contribution in [0.3, 0.4) is 0 Å². The maximum absolute atomic E-state index is 10.9. The van der Waals surface area contributed by atoms with Crippen molar-refractivity contribution < 1.29 is 14.6 Å². The summed E-state index contributed by atoms with van der Waals surface area (Å²) >= 11 is 0. The molecular formula is C18H28N2O3. The van der Waals surface area contributed by atoms with Gasteiger partial charge < -0.3 is 19.5 Å². The standard InChI is InChI=1S/C18H28N2O3/c1-3-20(14-18(21)9-6-10-19(2)13-18)11-15-12-22-16-7-4-5-8-17(16)23-15/h4-5,7-8,15,21H,3,6,9-14H2,1-2H3/t15-,18+/m1/s1. The maximum Gasteiger partial charge on any atom is 0.161 e. The molecule has 5 nitrogen and oxygen atoms in total. The van der Waals surface area contributed by atoms with E-state index in [0.29, 0.717) is 13.2 Å². The second kappa shape index (κ2) is 7.07. The fourth-order valence-corrected chi connectivity index (χ4v) is 3.63. The van der Waals surface area contributed by atoms with E-state index in [1.807, 2.05) is 24.3 Å². The quantitative estimate of drug-likeness (QED) is 0.893. The highest BCUT2D eigenvalue weighted by molar-refractivity contribution is 5.40. The summed E-state index contributed by atoms with van der Waals surface area (Å²) in [5.74, 6) is 1.63. The average Bonchev–Trinajstić information content (AvgIpc) is 2.53. The number of piperidine rings is 1. The predicted octanol–water partition coefficient (Wildman–Crippen LogP) is 1.60. The molecule has 0 unspecified atom stereocenters. The molecular weight excluding hydrogens is 292 g/mol. The van der Waals surface area contributed by atoms with E-state index in [1.54, 1.807) is 0 Å². The predicted molar refractivity (Wildman–Crippen MR) is 90.1 cm³/mol. The topological polar surface area (TPSA) is 45.2 Å². The molecule has 0 aliphatic carbocycles. The number of rotatable bonds is 5. The number of hydrogen-bond donors (Lipinski definition) is 1. The molecule has 0 saturated carbocycles. The van der Waals surface area contributed by atoms with Crippen LogP contribution in [0.2, 0.25) is 0 Å². The zero-order chi connectivity index (χ0) is 16.3. The fourth-order valence-electron chi connectivity index (χ4n) is 3.63. The third-order valence-electron chi connectivity index (χ3n) is 4.74. The molecule has 2 heterocycles. The summed E-state index contributed by atoms with van der Waals surface area (Å²) in [6, 6.07) is 7.80. The van der Waals surface area contributed by atoms with E-state index in [1.165, 1.54) is 0 Å². The van der Waals surface area contributed by atoms with Crippen LogP contribution in [0.15, 0.2) is 24.3 Å². The van der Waals surface area contributed by atoms with Crippen LogP contribution in [0.5, 0.6) is 11.5 Å². The van der Waals surface area contributed by atoms with Gasteiger partial charge in [0.1, 0.15) is 12.7 Å². The van der Waals surface area contributed by atoms with E-state index in [-0.39, 0.29) is 6.10 Å². The summed E-state index contributed by atoms with van der Waals surface area (Å²) < 4.78 is 11.8. The summed E-state index contributed by atoms with van der Waals surface area (Å²) in [5, 5.41) is 10.9. The van der Waals surface area contributed by atoms with Crippen molar-refractivity contribution in [2.75, 3.05) is 46.4 Å². The van der Waals surface area contributed by atoms with Gasteiger partial charge in [0.05, 0.1) is 5.60 Å². The number of likely N-dealkylation sites (tertiary alicyclic amines) is 1. The minimum absolute atomic E-state index is 0.00905. The number of aliphatic hydroxyl groups is 1. The van der Waals surface area contributed by atoms with Crippen LogP contribution in [0.1, 0.15) is 19.8 Å². The lowest BCUT2D eigenvalue weighted by molar-refractivity contribution is -0.0540. The minimum Gasteiger partial charge on any atom is -0.486 e. The van der Waals surface area contributed by atoms with Gasteiger partial charge in [-0.15, -0.1) is 0 Å². The third-order valence-corrected chi connectivity index (χ3v) is 4.74. The summed E-state index contributed by atoms with van der Waals surface area (Å²) in [5.41, 5.74) is -0.615. The number of β-amino-alcohol motifs (C(OH)–C–C–N with tert-alkyl or cyclic N) is 1. The molecule has 1 aromatic carbocycles. The summed E-state index contributed by atoms with van der Waals surface area (Å²) in [4.78, 5) is 4.49. The Kier molecular flexibility index (Phi) is 5.09. The first-order chi connectivity index (χ1) is 11.1. The van der Waals surface area contributed by atoms with E-state index in [4.69, 9.17) is 9.47 Å². The van der Waals surface area contributed by atoms with Crippen molar-refractivity contribution in [2.45, 2.75) is 31.5 Å². The molecule has 0 radical (unpaired) electrons. The van der Waals surface area contributed by atoms with Crippen molar-refractivity contribution in [1.29, 1.82) is 0 Å². The lowest BCUT2D eigenvalue weighted by Gasteiger charge is -2.41. The van der Waals surface area contributed by atoms with Crippen LogP contribution in [0.25, 0.3) is 0 Å². The molecule has 0 aromatic heterocycles. The Bertz CT molecular complexity index is 525. The summed E-state index contributed by atoms with van der Waals surface area (Å²) in [7, 11) is 2.08. The second-order valence-electron chi connectivity index (χ2n) is 6.89. The molecule has 128 valence electrons. The van der Waals surface area contributed by atoms with E-state index in [0.717, 1.165) is 50.5 Å². The van der Waals surface area contributed by atoms with E-state index in [2.05, 4.69) is 23.8 Å². The molecule has 1 saturated heterocycles. The lowest BCUT2D eigenvalue weighted by atomic mass is 9.92. The Morgan fingerprint density at radius 3 is 2.87 bits per heavy atom. The van der Waals surface area contributed by atoms with E-state index >= 15 is 0 Å². The maximum atomic E-state index is 10.9. The Morgan fingerprint density at radius 1 is 1.35 bits per heavy atom. The Hall–Kier alpha value is -1.30. The van der Waals surface area contributed by atoms with Gasteiger partial charge in [-0.25, -0.2) is 0 Å². The highest BCUT2D eigenvalue weighted by atomic mass is 16.6. The second-order valence-corrected chi connectivity index (χ2v) is 6.89. The monoisotopic (exact) mass is 320 g/mol. The number of likely N-dealkylation sites (N-methyl/N-ethyl adjacent to an activating group) is 2. The van der Waals surface area contributed by atoms with Crippen LogP contribution in [-0.4, -0.2) is 73.0 Å². The van der Waals surface area contributed by atoms with Gasteiger partial charge in [-0.1, -0.05) is 19.1 Å². The van der Waals surface area contributed by atoms with Crippen molar-refractivity contribution in [3.05, 3.63) is 24.3 Å². The highest BCUT2D eigenvalue weighted by Crippen LogP contribution is 2.31. The van der Waals surface area contributed by atoms with Gasteiger partial charge in [0, 0.05) is 19.6 Å². The van der Waals surface area contributed by atoms with Gasteiger partial charge in [0.25, 0.3) is 0 Å². The van der Waals surface area contributed by atoms with Crippen molar-refractivity contribution in [1.82, 2.24) is 9.80 Å². The van der Waals surface area contributed by atoms with Gasteiger partial charge in [-0.05, 0) is 45.1 Å². The molecule has 2 aliphatic heterocycles. The first-order valence-electron chi connectivity index (χ1n) is 8.60. The number of ether oxygens (including phenoxy) is 2. The van der Waals surface area contributed by atoms with Crippen LogP contribution in [-0.2, 0) is 0 Å². The van der Waals surface area contributed by atoms with E-state index in [9.17, 15) is 5.11 Å². The molecule has 3 rings (SSSR count). The van der Waals surface area contributed by atoms with Crippen molar-refractivity contribution in [3.8, 4) is 11.5 Å². The molecule has 1 N–H and O–H groups in total. The Morgan fingerprint density at radius 2 is 2.13 bits per heavy atom. The van der Waals surface area contributed by atoms with Crippen molar-refractivity contribution in [2.24, 2.45) is 0 Å². The van der Waals surface area contributed by atoms with Crippen LogP contribution < -0.4 is 9.47 Å². The first kappa shape index (κ1) is 16.6. The number of benzene rings is 1. The van der Waals surface area contributed by atoms with Crippen LogP contribution in [0.4, 0.5) is 0 Å². The Balaban J connectivity index is 1.58. The number of para-hydroxylation sites is 2. The first-order valence-corrected chi connectivity index (χ1v) is 8.60. The van der Waals surface area contributed by atoms with Gasteiger partial charge in [-0.3, -0.25) is 4.90 Å². The highest BCUT2D eigenvalue weighted by Gasteiger charge is 2.34. The molecule has 0 bridgehead atoms. The largest absolute Gasteiger partial charge is 0.486 e. The summed E-state index contributed by atoms with van der Waals surface area (Å²) in [6.07, 6.45) is 1.94. The molecule has 2 aliphatic rings. The van der Waals surface area contributed by atoms with Crippen LogP contribution in [0, 0.1) is 0 Å².